The molecule has 0 aliphatic rings. The molecule has 2 aromatic carbocycles. The Labute approximate surface area is 173 Å². The zero-order valence-corrected chi connectivity index (χ0v) is 17.4. The van der Waals surface area contributed by atoms with Crippen molar-refractivity contribution in [1.29, 1.82) is 0 Å². The second-order valence-corrected chi connectivity index (χ2v) is 8.07. The summed E-state index contributed by atoms with van der Waals surface area (Å²) >= 11 is 1.62. The molecule has 3 aromatic rings. The fourth-order valence-electron chi connectivity index (χ4n) is 2.75. The van der Waals surface area contributed by atoms with Gasteiger partial charge in [0.15, 0.2) is 5.75 Å². The van der Waals surface area contributed by atoms with E-state index in [1.807, 2.05) is 30.5 Å². The molecule has 0 unspecified atom stereocenters. The first-order valence-corrected chi connectivity index (χ1v) is 10.4. The van der Waals surface area contributed by atoms with Crippen LogP contribution in [0.5, 0.6) is 5.75 Å². The molecule has 0 saturated heterocycles. The average Bonchev–Trinajstić information content (AvgIpc) is 2.69. The minimum absolute atomic E-state index is 0.0501. The first kappa shape index (κ1) is 21.1. The Morgan fingerprint density at radius 1 is 1.17 bits per heavy atom. The van der Waals surface area contributed by atoms with E-state index >= 15 is 0 Å². The number of thioether (sulfide) groups is 1. The van der Waals surface area contributed by atoms with Crippen LogP contribution in [0.1, 0.15) is 20.3 Å². The molecule has 0 bridgehead atoms. The summed E-state index contributed by atoms with van der Waals surface area (Å²) in [5.74, 6) is -0.481. The summed E-state index contributed by atoms with van der Waals surface area (Å²) in [6.45, 7) is 3.47. The van der Waals surface area contributed by atoms with E-state index in [9.17, 15) is 14.3 Å². The van der Waals surface area contributed by atoms with Gasteiger partial charge in [-0.05, 0) is 49.9 Å². The molecule has 0 fully saturated rings. The van der Waals surface area contributed by atoms with Crippen molar-refractivity contribution in [3.8, 4) is 22.6 Å². The molecule has 29 heavy (non-hydrogen) atoms. The number of rotatable bonds is 7. The molecule has 0 aliphatic carbocycles. The Morgan fingerprint density at radius 3 is 2.48 bits per heavy atom. The number of hydrogen-bond acceptors (Lipinski definition) is 5. The minimum atomic E-state index is -0.933. The van der Waals surface area contributed by atoms with Gasteiger partial charge in [-0.3, -0.25) is 4.79 Å². The van der Waals surface area contributed by atoms with Crippen LogP contribution in [0.3, 0.4) is 0 Å². The Morgan fingerprint density at radius 2 is 1.86 bits per heavy atom. The second-order valence-electron chi connectivity index (χ2n) is 7.20. The van der Waals surface area contributed by atoms with Gasteiger partial charge in [0.25, 0.3) is 0 Å². The van der Waals surface area contributed by atoms with E-state index in [-0.39, 0.29) is 18.0 Å². The number of benzene rings is 2. The third-order valence-electron chi connectivity index (χ3n) is 4.38. The molecule has 1 heterocycles. The number of aromatic nitrogens is 2. The van der Waals surface area contributed by atoms with Crippen molar-refractivity contribution in [2.24, 2.45) is 0 Å². The lowest BCUT2D eigenvalue weighted by Crippen LogP contribution is -2.27. The van der Waals surface area contributed by atoms with Crippen molar-refractivity contribution >= 4 is 11.8 Å². The van der Waals surface area contributed by atoms with Gasteiger partial charge in [-0.2, -0.15) is 9.78 Å². The van der Waals surface area contributed by atoms with Crippen LogP contribution >= 0.6 is 11.8 Å². The predicted molar refractivity (Wildman–Crippen MR) is 113 cm³/mol. The fraction of sp³-hybridized carbons (Fsp3) is 0.273. The highest BCUT2D eigenvalue weighted by molar-refractivity contribution is 7.98. The van der Waals surface area contributed by atoms with Crippen LogP contribution in [-0.4, -0.2) is 33.4 Å². The predicted octanol–water partition coefficient (Wildman–Crippen LogP) is 4.30. The van der Waals surface area contributed by atoms with E-state index in [4.69, 9.17) is 4.74 Å². The van der Waals surface area contributed by atoms with Crippen molar-refractivity contribution in [2.75, 3.05) is 12.9 Å². The Bertz CT molecular complexity index is 1040. The molecule has 152 valence electrons. The third-order valence-corrected chi connectivity index (χ3v) is 5.12. The zero-order chi connectivity index (χ0) is 21.0. The lowest BCUT2D eigenvalue weighted by atomic mass is 10.1. The number of aliphatic hydroxyl groups is 1. The summed E-state index contributed by atoms with van der Waals surface area (Å²) in [5, 5.41) is 14.1. The first-order valence-electron chi connectivity index (χ1n) is 9.17. The molecule has 0 radical (unpaired) electrons. The van der Waals surface area contributed by atoms with Gasteiger partial charge < -0.3 is 9.84 Å². The van der Waals surface area contributed by atoms with Crippen LogP contribution in [0.2, 0.25) is 0 Å². The van der Waals surface area contributed by atoms with Crippen LogP contribution in [0.25, 0.3) is 16.8 Å². The van der Waals surface area contributed by atoms with Gasteiger partial charge in [0.1, 0.15) is 11.5 Å². The van der Waals surface area contributed by atoms with Crippen LogP contribution < -0.4 is 10.3 Å². The quantitative estimate of drug-likeness (QED) is 0.584. The summed E-state index contributed by atoms with van der Waals surface area (Å²) in [4.78, 5) is 14.2. The van der Waals surface area contributed by atoms with Gasteiger partial charge in [0.05, 0.1) is 18.4 Å². The number of para-hydroxylation sites is 1. The monoisotopic (exact) mass is 414 g/mol. The van der Waals surface area contributed by atoms with Crippen LogP contribution in [-0.2, 0) is 0 Å². The van der Waals surface area contributed by atoms with E-state index in [1.54, 1.807) is 37.7 Å². The lowest BCUT2D eigenvalue weighted by molar-refractivity contribution is 0.0551. The SMILES string of the molecule is CSc1ccc(-c2cnn(-c3ccccc3F)c(=O)c2OCCC(C)(C)O)cc1. The van der Waals surface area contributed by atoms with E-state index in [1.165, 1.54) is 18.3 Å². The maximum Gasteiger partial charge on any atom is 0.314 e. The minimum Gasteiger partial charge on any atom is -0.487 e. The molecule has 3 rings (SSSR count). The largest absolute Gasteiger partial charge is 0.487 e. The zero-order valence-electron chi connectivity index (χ0n) is 16.6. The molecular formula is C22H23FN2O3S. The molecule has 0 atom stereocenters. The molecule has 0 aliphatic heterocycles. The summed E-state index contributed by atoms with van der Waals surface area (Å²) < 4.78 is 21.0. The summed E-state index contributed by atoms with van der Waals surface area (Å²) in [7, 11) is 0. The van der Waals surface area contributed by atoms with Crippen LogP contribution in [0.15, 0.2) is 64.4 Å². The highest BCUT2D eigenvalue weighted by Crippen LogP contribution is 2.29. The number of ether oxygens (including phenoxy) is 1. The smallest absolute Gasteiger partial charge is 0.314 e. The van der Waals surface area contributed by atoms with Crippen molar-refractivity contribution in [3.63, 3.8) is 0 Å². The molecule has 1 N–H and O–H groups in total. The van der Waals surface area contributed by atoms with Crippen molar-refractivity contribution in [3.05, 3.63) is 70.9 Å². The first-order chi connectivity index (χ1) is 13.8. The average molecular weight is 415 g/mol. The lowest BCUT2D eigenvalue weighted by Gasteiger charge is -2.18. The highest BCUT2D eigenvalue weighted by atomic mass is 32.2. The standard InChI is InChI=1S/C22H23FN2O3S/c1-22(2,27)12-13-28-20-17(15-8-10-16(29-3)11-9-15)14-24-25(21(20)26)19-7-5-4-6-18(19)23/h4-11,14,27H,12-13H2,1-3H3. The summed E-state index contributed by atoms with van der Waals surface area (Å²) in [6, 6.07) is 13.6. The highest BCUT2D eigenvalue weighted by Gasteiger charge is 2.19. The van der Waals surface area contributed by atoms with Gasteiger partial charge in [0.2, 0.25) is 0 Å². The van der Waals surface area contributed by atoms with Crippen molar-refractivity contribution in [2.45, 2.75) is 30.8 Å². The van der Waals surface area contributed by atoms with Gasteiger partial charge in [0, 0.05) is 16.9 Å². The molecular weight excluding hydrogens is 391 g/mol. The molecule has 1 aromatic heterocycles. The van der Waals surface area contributed by atoms with Crippen LogP contribution in [0, 0.1) is 5.82 Å². The van der Waals surface area contributed by atoms with Crippen molar-refractivity contribution in [1.82, 2.24) is 9.78 Å². The topological polar surface area (TPSA) is 64.4 Å². The molecule has 5 nitrogen and oxygen atoms in total. The molecule has 0 saturated carbocycles. The summed E-state index contributed by atoms with van der Waals surface area (Å²) in [6.07, 6.45) is 3.82. The van der Waals surface area contributed by atoms with Crippen molar-refractivity contribution < 1.29 is 14.2 Å². The van der Waals surface area contributed by atoms with E-state index < -0.39 is 17.0 Å². The maximum atomic E-state index is 14.2. The Hall–Kier alpha value is -2.64. The normalized spacial score (nSPS) is 11.5. The Kier molecular flexibility index (Phi) is 6.39. The fourth-order valence-corrected chi connectivity index (χ4v) is 3.16. The van der Waals surface area contributed by atoms with E-state index in [0.717, 1.165) is 15.1 Å². The maximum absolute atomic E-state index is 14.2. The van der Waals surface area contributed by atoms with Gasteiger partial charge in [-0.1, -0.05) is 24.3 Å². The van der Waals surface area contributed by atoms with Gasteiger partial charge >= 0.3 is 5.56 Å². The third kappa shape index (κ3) is 5.05. The second kappa shape index (κ2) is 8.80. The van der Waals surface area contributed by atoms with Gasteiger partial charge in [-0.25, -0.2) is 4.39 Å². The molecule has 0 spiro atoms. The number of halogens is 1. The van der Waals surface area contributed by atoms with Gasteiger partial charge in [-0.15, -0.1) is 11.8 Å². The Balaban J connectivity index is 2.08. The molecule has 7 heteroatoms. The van der Waals surface area contributed by atoms with E-state index in [2.05, 4.69) is 5.10 Å². The van der Waals surface area contributed by atoms with E-state index in [0.29, 0.717) is 12.0 Å². The number of hydrogen-bond donors (Lipinski definition) is 1. The molecule has 0 amide bonds. The number of nitrogens with zero attached hydrogens (tertiary/aromatic N) is 2. The van der Waals surface area contributed by atoms with Crippen LogP contribution in [0.4, 0.5) is 4.39 Å². The summed E-state index contributed by atoms with van der Waals surface area (Å²) in [5.41, 5.74) is -0.152.